The molecule has 4 nitrogen and oxygen atoms in total. The van der Waals surface area contributed by atoms with Crippen LogP contribution in [0.4, 0.5) is 5.69 Å². The molecular formula is C13H22N2O2S. The topological polar surface area (TPSA) is 72.2 Å². The lowest BCUT2D eigenvalue weighted by Gasteiger charge is -2.26. The number of hydrogen-bond acceptors (Lipinski definition) is 3. The van der Waals surface area contributed by atoms with E-state index in [9.17, 15) is 8.42 Å². The quantitative estimate of drug-likeness (QED) is 0.802. The number of nitrogens with one attached hydrogen (secondary N) is 1. The Balaban J connectivity index is 2.80. The molecule has 0 heterocycles. The Bertz CT molecular complexity index is 490. The molecule has 1 aromatic rings. The first-order valence-electron chi connectivity index (χ1n) is 6.00. The zero-order valence-corrected chi connectivity index (χ0v) is 12.2. The number of rotatable bonds is 5. The van der Waals surface area contributed by atoms with E-state index in [0.717, 1.165) is 5.56 Å². The Morgan fingerprint density at radius 2 is 1.72 bits per heavy atom. The zero-order valence-electron chi connectivity index (χ0n) is 11.4. The maximum atomic E-state index is 11.7. The van der Waals surface area contributed by atoms with Crippen LogP contribution in [0, 0.1) is 0 Å². The number of sulfonamides is 1. The fourth-order valence-corrected chi connectivity index (χ4v) is 2.38. The maximum Gasteiger partial charge on any atom is 0.213 e. The Morgan fingerprint density at radius 3 is 2.17 bits per heavy atom. The van der Waals surface area contributed by atoms with Gasteiger partial charge < -0.3 is 5.73 Å². The van der Waals surface area contributed by atoms with Crippen molar-refractivity contribution in [3.05, 3.63) is 29.8 Å². The summed E-state index contributed by atoms with van der Waals surface area (Å²) in [5, 5.41) is -0.417. The summed E-state index contributed by atoms with van der Waals surface area (Å²) >= 11 is 0. The standard InChI is InChI=1S/C13H22N2O2S/c1-10(2)18(16,17)15-9-13(3,4)11-5-7-12(14)8-6-11/h5-8,10,15H,9,14H2,1-4H3. The number of benzene rings is 1. The lowest BCUT2D eigenvalue weighted by molar-refractivity contribution is 0.499. The van der Waals surface area contributed by atoms with E-state index in [1.54, 1.807) is 13.8 Å². The second-order valence-electron chi connectivity index (χ2n) is 5.42. The third-order valence-electron chi connectivity index (χ3n) is 3.03. The number of anilines is 1. The SMILES string of the molecule is CC(C)S(=O)(=O)NCC(C)(C)c1ccc(N)cc1. The van der Waals surface area contributed by atoms with E-state index in [0.29, 0.717) is 12.2 Å². The van der Waals surface area contributed by atoms with Crippen LogP contribution in [0.5, 0.6) is 0 Å². The molecule has 3 N–H and O–H groups in total. The molecule has 0 spiro atoms. The fraction of sp³-hybridized carbons (Fsp3) is 0.538. The van der Waals surface area contributed by atoms with E-state index in [1.165, 1.54) is 0 Å². The van der Waals surface area contributed by atoms with Gasteiger partial charge in [0.25, 0.3) is 0 Å². The molecule has 0 fully saturated rings. The molecule has 0 amide bonds. The van der Waals surface area contributed by atoms with Crippen LogP contribution in [0.15, 0.2) is 24.3 Å². The van der Waals surface area contributed by atoms with Crippen LogP contribution in [-0.4, -0.2) is 20.2 Å². The van der Waals surface area contributed by atoms with Gasteiger partial charge in [-0.05, 0) is 31.5 Å². The second kappa shape index (κ2) is 5.28. The summed E-state index contributed by atoms with van der Waals surface area (Å²) in [4.78, 5) is 0. The van der Waals surface area contributed by atoms with E-state index in [2.05, 4.69) is 4.72 Å². The molecule has 0 bridgehead atoms. The predicted octanol–water partition coefficient (Wildman–Crippen LogP) is 1.87. The van der Waals surface area contributed by atoms with Crippen LogP contribution in [0.1, 0.15) is 33.3 Å². The lowest BCUT2D eigenvalue weighted by Crippen LogP contribution is -2.39. The van der Waals surface area contributed by atoms with Crippen LogP contribution < -0.4 is 10.5 Å². The normalized spacial score (nSPS) is 12.9. The van der Waals surface area contributed by atoms with Gasteiger partial charge >= 0.3 is 0 Å². The summed E-state index contributed by atoms with van der Waals surface area (Å²) in [5.41, 5.74) is 7.14. The molecule has 5 heteroatoms. The Labute approximate surface area is 110 Å². The van der Waals surface area contributed by atoms with E-state index in [4.69, 9.17) is 5.73 Å². The number of nitrogens with two attached hydrogens (primary N) is 1. The molecule has 0 radical (unpaired) electrons. The summed E-state index contributed by atoms with van der Waals surface area (Å²) in [7, 11) is -3.22. The van der Waals surface area contributed by atoms with Crippen molar-refractivity contribution in [3.8, 4) is 0 Å². The van der Waals surface area contributed by atoms with Crippen molar-refractivity contribution < 1.29 is 8.42 Å². The van der Waals surface area contributed by atoms with Gasteiger partial charge in [0.15, 0.2) is 0 Å². The largest absolute Gasteiger partial charge is 0.399 e. The maximum absolute atomic E-state index is 11.7. The minimum Gasteiger partial charge on any atom is -0.399 e. The van der Waals surface area contributed by atoms with Crippen LogP contribution in [0.2, 0.25) is 0 Å². The minimum absolute atomic E-state index is 0.268. The summed E-state index contributed by atoms with van der Waals surface area (Å²) in [5.74, 6) is 0. The molecule has 0 aromatic heterocycles. The molecule has 1 aromatic carbocycles. The van der Waals surface area contributed by atoms with Gasteiger partial charge in [0.05, 0.1) is 5.25 Å². The van der Waals surface area contributed by atoms with Gasteiger partial charge in [-0.3, -0.25) is 0 Å². The highest BCUT2D eigenvalue weighted by Crippen LogP contribution is 2.23. The molecule has 102 valence electrons. The van der Waals surface area contributed by atoms with Gasteiger partial charge in [-0.2, -0.15) is 0 Å². The van der Waals surface area contributed by atoms with Crippen LogP contribution in [-0.2, 0) is 15.4 Å². The monoisotopic (exact) mass is 270 g/mol. The van der Waals surface area contributed by atoms with Crippen molar-refractivity contribution in [2.45, 2.75) is 38.4 Å². The zero-order chi connectivity index (χ0) is 14.0. The van der Waals surface area contributed by atoms with E-state index < -0.39 is 15.3 Å². The smallest absolute Gasteiger partial charge is 0.213 e. The van der Waals surface area contributed by atoms with Gasteiger partial charge in [0.2, 0.25) is 10.0 Å². The summed E-state index contributed by atoms with van der Waals surface area (Å²) in [6.07, 6.45) is 0. The van der Waals surface area contributed by atoms with Crippen molar-refractivity contribution in [2.75, 3.05) is 12.3 Å². The van der Waals surface area contributed by atoms with Crippen LogP contribution >= 0.6 is 0 Å². The molecule has 18 heavy (non-hydrogen) atoms. The van der Waals surface area contributed by atoms with Gasteiger partial charge in [-0.25, -0.2) is 13.1 Å². The summed E-state index contributed by atoms with van der Waals surface area (Å²) in [6, 6.07) is 7.51. The number of hydrogen-bond donors (Lipinski definition) is 2. The summed E-state index contributed by atoms with van der Waals surface area (Å²) in [6.45, 7) is 7.71. The van der Waals surface area contributed by atoms with Crippen molar-refractivity contribution in [1.82, 2.24) is 4.72 Å². The van der Waals surface area contributed by atoms with Gasteiger partial charge in [-0.15, -0.1) is 0 Å². The molecule has 0 atom stereocenters. The predicted molar refractivity (Wildman–Crippen MR) is 75.9 cm³/mol. The van der Waals surface area contributed by atoms with Crippen LogP contribution in [0.25, 0.3) is 0 Å². The first kappa shape index (κ1) is 15.0. The Kier molecular flexibility index (Phi) is 4.40. The van der Waals surface area contributed by atoms with Crippen molar-refractivity contribution in [2.24, 2.45) is 0 Å². The molecule has 0 saturated heterocycles. The third-order valence-corrected chi connectivity index (χ3v) is 4.82. The van der Waals surface area contributed by atoms with E-state index in [1.807, 2.05) is 38.1 Å². The molecule has 0 aliphatic carbocycles. The molecule has 0 unspecified atom stereocenters. The first-order chi connectivity index (χ1) is 8.15. The molecule has 0 saturated carbocycles. The average molecular weight is 270 g/mol. The lowest BCUT2D eigenvalue weighted by atomic mass is 9.85. The first-order valence-corrected chi connectivity index (χ1v) is 7.54. The fourth-order valence-electron chi connectivity index (χ4n) is 1.48. The van der Waals surface area contributed by atoms with Crippen molar-refractivity contribution in [3.63, 3.8) is 0 Å². The average Bonchev–Trinajstić information content (AvgIpc) is 2.27. The van der Waals surface area contributed by atoms with Gasteiger partial charge in [0, 0.05) is 17.6 Å². The van der Waals surface area contributed by atoms with E-state index >= 15 is 0 Å². The van der Waals surface area contributed by atoms with E-state index in [-0.39, 0.29) is 5.41 Å². The third kappa shape index (κ3) is 3.71. The molecular weight excluding hydrogens is 248 g/mol. The Hall–Kier alpha value is -1.07. The highest BCUT2D eigenvalue weighted by molar-refractivity contribution is 7.90. The summed E-state index contributed by atoms with van der Waals surface area (Å²) < 4.78 is 26.1. The van der Waals surface area contributed by atoms with Crippen molar-refractivity contribution >= 4 is 15.7 Å². The molecule has 0 aliphatic heterocycles. The highest BCUT2D eigenvalue weighted by atomic mass is 32.2. The minimum atomic E-state index is -3.22. The second-order valence-corrected chi connectivity index (χ2v) is 7.74. The van der Waals surface area contributed by atoms with Crippen molar-refractivity contribution in [1.29, 1.82) is 0 Å². The molecule has 0 aliphatic rings. The van der Waals surface area contributed by atoms with Gasteiger partial charge in [-0.1, -0.05) is 26.0 Å². The highest BCUT2D eigenvalue weighted by Gasteiger charge is 2.24. The van der Waals surface area contributed by atoms with Crippen LogP contribution in [0.3, 0.4) is 0 Å². The van der Waals surface area contributed by atoms with Gasteiger partial charge in [0.1, 0.15) is 0 Å². The molecule has 1 rings (SSSR count). The Morgan fingerprint density at radius 1 is 1.22 bits per heavy atom. The number of nitrogen functional groups attached to an aromatic ring is 1.